The maximum Gasteiger partial charge on any atom is 0.418 e. The fourth-order valence-electron chi connectivity index (χ4n) is 2.65. The fourth-order valence-corrected chi connectivity index (χ4v) is 2.65. The van der Waals surface area contributed by atoms with E-state index < -0.39 is 23.2 Å². The van der Waals surface area contributed by atoms with Crippen LogP contribution in [0.3, 0.4) is 0 Å². The van der Waals surface area contributed by atoms with E-state index in [1.54, 1.807) is 24.3 Å². The fraction of sp³-hybridized carbons (Fsp3) is 0.111. The second kappa shape index (κ2) is 6.08. The van der Waals surface area contributed by atoms with Crippen molar-refractivity contribution in [3.05, 3.63) is 59.7 Å². The first-order chi connectivity index (χ1) is 11.8. The number of alkyl halides is 3. The quantitative estimate of drug-likeness (QED) is 0.751. The maximum atomic E-state index is 13.3. The predicted molar refractivity (Wildman–Crippen MR) is 85.7 cm³/mol. The molecule has 1 N–H and O–H groups in total. The van der Waals surface area contributed by atoms with Crippen molar-refractivity contribution in [3.63, 3.8) is 0 Å². The highest BCUT2D eigenvalue weighted by Crippen LogP contribution is 2.37. The standard InChI is InChI=1S/C18H12F3NO3/c1-25-15-8-3-2-5-11(15)14-9-12(17(23)24)10-6-4-7-13(16(10)22-14)18(19,20)21/h2-9H,1H3,(H,23,24). The molecule has 0 unspecified atom stereocenters. The molecule has 0 saturated carbocycles. The topological polar surface area (TPSA) is 59.4 Å². The molecule has 0 radical (unpaired) electrons. The molecule has 25 heavy (non-hydrogen) atoms. The molecule has 0 spiro atoms. The summed E-state index contributed by atoms with van der Waals surface area (Å²) in [5.74, 6) is -0.946. The van der Waals surface area contributed by atoms with Crippen LogP contribution in [0.5, 0.6) is 5.75 Å². The Kier molecular flexibility index (Phi) is 4.08. The smallest absolute Gasteiger partial charge is 0.418 e. The Hall–Kier alpha value is -3.09. The summed E-state index contributed by atoms with van der Waals surface area (Å²) >= 11 is 0. The average molecular weight is 347 g/mol. The third kappa shape index (κ3) is 3.00. The number of aromatic carboxylic acids is 1. The van der Waals surface area contributed by atoms with E-state index in [2.05, 4.69) is 4.98 Å². The Morgan fingerprint density at radius 1 is 1.12 bits per heavy atom. The van der Waals surface area contributed by atoms with E-state index in [-0.39, 0.29) is 16.6 Å². The van der Waals surface area contributed by atoms with E-state index >= 15 is 0 Å². The summed E-state index contributed by atoms with van der Waals surface area (Å²) in [7, 11) is 1.42. The van der Waals surface area contributed by atoms with Crippen molar-refractivity contribution in [1.29, 1.82) is 0 Å². The summed E-state index contributed by atoms with van der Waals surface area (Å²) in [5.41, 5.74) is -1.14. The van der Waals surface area contributed by atoms with Gasteiger partial charge in [-0.1, -0.05) is 24.3 Å². The number of methoxy groups -OCH3 is 1. The zero-order chi connectivity index (χ0) is 18.2. The minimum absolute atomic E-state index is 0.0685. The number of carbonyl (C=O) groups is 1. The lowest BCUT2D eigenvalue weighted by atomic mass is 10.0. The monoisotopic (exact) mass is 347 g/mol. The zero-order valence-electron chi connectivity index (χ0n) is 13.0. The number of fused-ring (bicyclic) bond motifs is 1. The van der Waals surface area contributed by atoms with Crippen LogP contribution in [0.1, 0.15) is 15.9 Å². The van der Waals surface area contributed by atoms with Crippen LogP contribution < -0.4 is 4.74 Å². The Morgan fingerprint density at radius 3 is 2.48 bits per heavy atom. The van der Waals surface area contributed by atoms with Gasteiger partial charge in [0.2, 0.25) is 0 Å². The van der Waals surface area contributed by atoms with Crippen molar-refractivity contribution in [3.8, 4) is 17.0 Å². The minimum Gasteiger partial charge on any atom is -0.496 e. The first-order valence-electron chi connectivity index (χ1n) is 7.20. The minimum atomic E-state index is -4.65. The molecule has 3 aromatic rings. The van der Waals surface area contributed by atoms with Gasteiger partial charge in [-0.3, -0.25) is 0 Å². The first-order valence-corrected chi connectivity index (χ1v) is 7.20. The number of para-hydroxylation sites is 2. The highest BCUT2D eigenvalue weighted by Gasteiger charge is 2.34. The number of hydrogen-bond donors (Lipinski definition) is 1. The molecule has 0 aliphatic carbocycles. The number of benzene rings is 2. The van der Waals surface area contributed by atoms with Gasteiger partial charge < -0.3 is 9.84 Å². The predicted octanol–water partition coefficient (Wildman–Crippen LogP) is 4.63. The highest BCUT2D eigenvalue weighted by atomic mass is 19.4. The van der Waals surface area contributed by atoms with E-state index in [0.717, 1.165) is 6.07 Å². The molecule has 4 nitrogen and oxygen atoms in total. The lowest BCUT2D eigenvalue weighted by molar-refractivity contribution is -0.136. The first kappa shape index (κ1) is 16.8. The van der Waals surface area contributed by atoms with Gasteiger partial charge in [0.05, 0.1) is 29.4 Å². The molecule has 0 aliphatic heterocycles. The number of halogens is 3. The summed E-state index contributed by atoms with van der Waals surface area (Å²) in [6.07, 6.45) is -4.65. The van der Waals surface area contributed by atoms with Crippen LogP contribution in [0.25, 0.3) is 22.2 Å². The molecular weight excluding hydrogens is 335 g/mol. The van der Waals surface area contributed by atoms with E-state index in [1.807, 2.05) is 0 Å². The maximum absolute atomic E-state index is 13.3. The van der Waals surface area contributed by atoms with Gasteiger partial charge in [-0.05, 0) is 24.3 Å². The van der Waals surface area contributed by atoms with Crippen LogP contribution >= 0.6 is 0 Å². The molecule has 3 rings (SSSR count). The number of carboxylic acid groups (broad SMARTS) is 1. The molecule has 2 aromatic carbocycles. The van der Waals surface area contributed by atoms with Gasteiger partial charge in [0.15, 0.2) is 0 Å². The molecule has 0 bridgehead atoms. The Balaban J connectivity index is 2.41. The number of hydrogen-bond acceptors (Lipinski definition) is 3. The van der Waals surface area contributed by atoms with Crippen LogP contribution in [-0.4, -0.2) is 23.2 Å². The SMILES string of the molecule is COc1ccccc1-c1cc(C(=O)O)c2cccc(C(F)(F)F)c2n1. The molecule has 128 valence electrons. The van der Waals surface area contributed by atoms with Crippen LogP contribution in [0.4, 0.5) is 13.2 Å². The van der Waals surface area contributed by atoms with Gasteiger partial charge in [-0.25, -0.2) is 9.78 Å². The largest absolute Gasteiger partial charge is 0.496 e. The zero-order valence-corrected chi connectivity index (χ0v) is 13.0. The molecule has 1 heterocycles. The van der Waals surface area contributed by atoms with Crippen molar-refractivity contribution < 1.29 is 27.8 Å². The van der Waals surface area contributed by atoms with E-state index in [4.69, 9.17) is 4.74 Å². The molecule has 7 heteroatoms. The van der Waals surface area contributed by atoms with Crippen LogP contribution in [0.15, 0.2) is 48.5 Å². The Morgan fingerprint density at radius 2 is 1.84 bits per heavy atom. The van der Waals surface area contributed by atoms with Crippen molar-refractivity contribution in [2.45, 2.75) is 6.18 Å². The number of carboxylic acids is 1. The lowest BCUT2D eigenvalue weighted by Gasteiger charge is -2.14. The molecule has 0 aliphatic rings. The third-order valence-corrected chi connectivity index (χ3v) is 3.76. The molecule has 0 atom stereocenters. The van der Waals surface area contributed by atoms with Gasteiger partial charge in [0, 0.05) is 10.9 Å². The summed E-state index contributed by atoms with van der Waals surface area (Å²) < 4.78 is 45.2. The van der Waals surface area contributed by atoms with Crippen molar-refractivity contribution >= 4 is 16.9 Å². The summed E-state index contributed by atoms with van der Waals surface area (Å²) in [6, 6.07) is 11.2. The van der Waals surface area contributed by atoms with Gasteiger partial charge in [0.25, 0.3) is 0 Å². The molecule has 0 amide bonds. The summed E-state index contributed by atoms with van der Waals surface area (Å²) in [4.78, 5) is 15.7. The Bertz CT molecular complexity index is 967. The van der Waals surface area contributed by atoms with E-state index in [1.165, 1.54) is 25.3 Å². The van der Waals surface area contributed by atoms with Crippen LogP contribution in [-0.2, 0) is 6.18 Å². The van der Waals surface area contributed by atoms with Gasteiger partial charge in [-0.15, -0.1) is 0 Å². The van der Waals surface area contributed by atoms with Crippen LogP contribution in [0.2, 0.25) is 0 Å². The molecule has 1 aromatic heterocycles. The summed E-state index contributed by atoms with van der Waals surface area (Å²) in [6.45, 7) is 0. The average Bonchev–Trinajstić information content (AvgIpc) is 2.59. The number of pyridine rings is 1. The Labute approximate surface area is 140 Å². The van der Waals surface area contributed by atoms with Crippen molar-refractivity contribution in [1.82, 2.24) is 4.98 Å². The number of aromatic nitrogens is 1. The number of nitrogens with zero attached hydrogens (tertiary/aromatic N) is 1. The number of ether oxygens (including phenoxy) is 1. The highest BCUT2D eigenvalue weighted by molar-refractivity contribution is 6.04. The normalized spacial score (nSPS) is 11.5. The van der Waals surface area contributed by atoms with E-state index in [9.17, 15) is 23.1 Å². The van der Waals surface area contributed by atoms with Gasteiger partial charge >= 0.3 is 12.1 Å². The molecule has 0 saturated heterocycles. The second-order valence-corrected chi connectivity index (χ2v) is 5.26. The van der Waals surface area contributed by atoms with Gasteiger partial charge in [-0.2, -0.15) is 13.2 Å². The number of rotatable bonds is 3. The molecule has 0 fully saturated rings. The van der Waals surface area contributed by atoms with Crippen molar-refractivity contribution in [2.75, 3.05) is 7.11 Å². The third-order valence-electron chi connectivity index (χ3n) is 3.76. The second-order valence-electron chi connectivity index (χ2n) is 5.26. The van der Waals surface area contributed by atoms with Crippen LogP contribution in [0, 0.1) is 0 Å². The summed E-state index contributed by atoms with van der Waals surface area (Å²) in [5, 5.41) is 9.37. The molecular formula is C18H12F3NO3. The lowest BCUT2D eigenvalue weighted by Crippen LogP contribution is -2.09. The van der Waals surface area contributed by atoms with Crippen molar-refractivity contribution in [2.24, 2.45) is 0 Å². The van der Waals surface area contributed by atoms with Gasteiger partial charge in [0.1, 0.15) is 5.75 Å². The van der Waals surface area contributed by atoms with E-state index in [0.29, 0.717) is 11.3 Å².